The summed E-state index contributed by atoms with van der Waals surface area (Å²) in [6, 6.07) is 6.65. The normalized spacial score (nSPS) is 12.6. The number of nitrogens with two attached hydrogens (primary N) is 2. The zero-order valence-corrected chi connectivity index (χ0v) is 9.41. The van der Waals surface area contributed by atoms with E-state index in [9.17, 15) is 4.79 Å². The summed E-state index contributed by atoms with van der Waals surface area (Å²) in [7, 11) is 1.35. The van der Waals surface area contributed by atoms with Crippen LogP contribution in [0.4, 0.5) is 5.69 Å². The predicted octanol–water partition coefficient (Wildman–Crippen LogP) is 0.569. The molecule has 0 bridgehead atoms. The van der Waals surface area contributed by atoms with Gasteiger partial charge in [-0.2, -0.15) is 0 Å². The minimum absolute atomic E-state index is 0.550. The van der Waals surface area contributed by atoms with Crippen LogP contribution in [0.1, 0.15) is 11.7 Å². The third-order valence-electron chi connectivity index (χ3n) is 2.20. The lowest BCUT2D eigenvalue weighted by atomic mass is 10.1. The molecule has 1 unspecified atom stereocenters. The van der Waals surface area contributed by atoms with Crippen molar-refractivity contribution in [3.63, 3.8) is 0 Å². The smallest absolute Gasteiger partial charge is 0.337 e. The summed E-state index contributed by atoms with van der Waals surface area (Å²) in [6.07, 6.45) is 1.82. The Morgan fingerprint density at radius 1 is 1.47 bits per heavy atom. The van der Waals surface area contributed by atoms with E-state index in [1.165, 1.54) is 24.5 Å². The highest BCUT2D eigenvalue weighted by atomic mass is 16.5. The predicted molar refractivity (Wildman–Crippen MR) is 63.8 cm³/mol. The van der Waals surface area contributed by atoms with E-state index in [-0.39, 0.29) is 0 Å². The number of hydrogen-bond donors (Lipinski definition) is 3. The standard InChI is InChI=1S/C11H15N3O3/c1-17-10(11(15)16)8-2-4-9(5-3-8)14(13)7-6-12/h2-7,10H,12-13H2,1H3,(H,15,16)/b7-6-. The number of rotatable bonds is 5. The molecular formula is C11H15N3O3. The van der Waals surface area contributed by atoms with Crippen molar-refractivity contribution in [2.45, 2.75) is 6.10 Å². The number of carboxylic acids is 1. The van der Waals surface area contributed by atoms with Gasteiger partial charge in [-0.15, -0.1) is 0 Å². The van der Waals surface area contributed by atoms with Crippen LogP contribution in [0, 0.1) is 0 Å². The number of hydrazine groups is 1. The van der Waals surface area contributed by atoms with Gasteiger partial charge in [0, 0.05) is 19.5 Å². The Balaban J connectivity index is 2.90. The largest absolute Gasteiger partial charge is 0.479 e. The molecule has 6 heteroatoms. The Labute approximate surface area is 99.0 Å². The zero-order chi connectivity index (χ0) is 12.8. The Morgan fingerprint density at radius 2 is 2.06 bits per heavy atom. The molecule has 0 radical (unpaired) electrons. The number of hydrogen-bond acceptors (Lipinski definition) is 5. The molecule has 1 rings (SSSR count). The molecule has 1 aromatic rings. The second-order valence-electron chi connectivity index (χ2n) is 3.29. The number of methoxy groups -OCH3 is 1. The summed E-state index contributed by atoms with van der Waals surface area (Å²) in [5.41, 5.74) is 6.45. The van der Waals surface area contributed by atoms with Gasteiger partial charge in [0.1, 0.15) is 0 Å². The number of nitrogens with zero attached hydrogens (tertiary/aromatic N) is 1. The first-order valence-corrected chi connectivity index (χ1v) is 4.88. The highest BCUT2D eigenvalue weighted by Gasteiger charge is 2.18. The molecule has 0 amide bonds. The summed E-state index contributed by atoms with van der Waals surface area (Å²) in [5, 5.41) is 10.2. The van der Waals surface area contributed by atoms with E-state index < -0.39 is 12.1 Å². The quantitative estimate of drug-likeness (QED) is 0.511. The molecule has 1 aromatic carbocycles. The van der Waals surface area contributed by atoms with Crippen LogP contribution in [0.5, 0.6) is 0 Å². The van der Waals surface area contributed by atoms with Crippen LogP contribution in [0.15, 0.2) is 36.7 Å². The van der Waals surface area contributed by atoms with Crippen LogP contribution in [-0.2, 0) is 9.53 Å². The SMILES string of the molecule is COC(C(=O)O)c1ccc(N(N)/C=C\N)cc1. The Kier molecular flexibility index (Phi) is 4.50. The number of anilines is 1. The van der Waals surface area contributed by atoms with Gasteiger partial charge in [-0.1, -0.05) is 12.1 Å². The molecule has 0 fully saturated rings. The lowest BCUT2D eigenvalue weighted by molar-refractivity contribution is -0.148. The molecule has 0 aromatic heterocycles. The van der Waals surface area contributed by atoms with E-state index in [1.807, 2.05) is 0 Å². The van der Waals surface area contributed by atoms with Gasteiger partial charge in [0.25, 0.3) is 0 Å². The maximum absolute atomic E-state index is 10.9. The number of benzene rings is 1. The van der Waals surface area contributed by atoms with Gasteiger partial charge in [0.15, 0.2) is 6.10 Å². The molecule has 17 heavy (non-hydrogen) atoms. The third-order valence-corrected chi connectivity index (χ3v) is 2.20. The number of aliphatic carboxylic acids is 1. The van der Waals surface area contributed by atoms with Crippen molar-refractivity contribution in [1.82, 2.24) is 0 Å². The molecule has 0 spiro atoms. The van der Waals surface area contributed by atoms with Gasteiger partial charge < -0.3 is 15.6 Å². The monoisotopic (exact) mass is 237 g/mol. The zero-order valence-electron chi connectivity index (χ0n) is 9.41. The maximum atomic E-state index is 10.9. The van der Waals surface area contributed by atoms with E-state index in [2.05, 4.69) is 0 Å². The molecule has 6 nitrogen and oxygen atoms in total. The summed E-state index contributed by atoms with van der Waals surface area (Å²) in [6.45, 7) is 0. The van der Waals surface area contributed by atoms with Crippen molar-refractivity contribution in [2.24, 2.45) is 11.6 Å². The first-order valence-electron chi connectivity index (χ1n) is 4.88. The van der Waals surface area contributed by atoms with Crippen molar-refractivity contribution < 1.29 is 14.6 Å². The highest BCUT2D eigenvalue weighted by molar-refractivity contribution is 5.74. The molecule has 5 N–H and O–H groups in total. The minimum atomic E-state index is -1.04. The molecule has 92 valence electrons. The molecule has 1 atom stereocenters. The minimum Gasteiger partial charge on any atom is -0.479 e. The topological polar surface area (TPSA) is 102 Å². The third kappa shape index (κ3) is 3.20. The number of carboxylic acid groups (broad SMARTS) is 1. The maximum Gasteiger partial charge on any atom is 0.337 e. The van der Waals surface area contributed by atoms with Gasteiger partial charge >= 0.3 is 5.97 Å². The number of ether oxygens (including phenoxy) is 1. The highest BCUT2D eigenvalue weighted by Crippen LogP contribution is 2.20. The van der Waals surface area contributed by atoms with Crippen molar-refractivity contribution in [2.75, 3.05) is 12.1 Å². The summed E-state index contributed by atoms with van der Waals surface area (Å²) >= 11 is 0. The summed E-state index contributed by atoms with van der Waals surface area (Å²) < 4.78 is 4.87. The van der Waals surface area contributed by atoms with Gasteiger partial charge in [-0.05, 0) is 17.7 Å². The second kappa shape index (κ2) is 5.88. The first kappa shape index (κ1) is 13.0. The Morgan fingerprint density at radius 3 is 2.47 bits per heavy atom. The molecule has 0 aliphatic heterocycles. The van der Waals surface area contributed by atoms with Gasteiger partial charge in [0.2, 0.25) is 0 Å². The molecule has 0 saturated heterocycles. The van der Waals surface area contributed by atoms with Crippen LogP contribution in [-0.4, -0.2) is 18.2 Å². The van der Waals surface area contributed by atoms with Crippen LogP contribution >= 0.6 is 0 Å². The number of carbonyl (C=O) groups is 1. The van der Waals surface area contributed by atoms with E-state index in [4.69, 9.17) is 21.4 Å². The first-order chi connectivity index (χ1) is 8.10. The van der Waals surface area contributed by atoms with E-state index in [1.54, 1.807) is 24.3 Å². The van der Waals surface area contributed by atoms with Crippen LogP contribution in [0.2, 0.25) is 0 Å². The van der Waals surface area contributed by atoms with Crippen molar-refractivity contribution >= 4 is 11.7 Å². The summed E-state index contributed by atoms with van der Waals surface area (Å²) in [5.74, 6) is 4.61. The lowest BCUT2D eigenvalue weighted by Crippen LogP contribution is -2.24. The van der Waals surface area contributed by atoms with E-state index >= 15 is 0 Å². The molecule has 0 aliphatic rings. The average Bonchev–Trinajstić information content (AvgIpc) is 2.30. The fourth-order valence-electron chi connectivity index (χ4n) is 1.38. The molecular weight excluding hydrogens is 222 g/mol. The van der Waals surface area contributed by atoms with Crippen molar-refractivity contribution in [3.8, 4) is 0 Å². The fraction of sp³-hybridized carbons (Fsp3) is 0.182. The Bertz CT molecular complexity index is 403. The van der Waals surface area contributed by atoms with Crippen LogP contribution in [0.3, 0.4) is 0 Å². The fourth-order valence-corrected chi connectivity index (χ4v) is 1.38. The van der Waals surface area contributed by atoms with E-state index in [0.29, 0.717) is 11.3 Å². The van der Waals surface area contributed by atoms with Gasteiger partial charge in [0.05, 0.1) is 5.69 Å². The Hall–Kier alpha value is -2.05. The molecule has 0 aliphatic carbocycles. The molecule has 0 heterocycles. The second-order valence-corrected chi connectivity index (χ2v) is 3.29. The van der Waals surface area contributed by atoms with Gasteiger partial charge in [-0.3, -0.25) is 5.01 Å². The molecule has 0 saturated carbocycles. The summed E-state index contributed by atoms with van der Waals surface area (Å²) in [4.78, 5) is 10.9. The van der Waals surface area contributed by atoms with Crippen molar-refractivity contribution in [1.29, 1.82) is 0 Å². The van der Waals surface area contributed by atoms with E-state index in [0.717, 1.165) is 0 Å². The average molecular weight is 237 g/mol. The lowest BCUT2D eigenvalue weighted by Gasteiger charge is -2.15. The van der Waals surface area contributed by atoms with Crippen LogP contribution in [0.25, 0.3) is 0 Å². The van der Waals surface area contributed by atoms with Crippen molar-refractivity contribution in [3.05, 3.63) is 42.2 Å². The van der Waals surface area contributed by atoms with Crippen LogP contribution < -0.4 is 16.6 Å². The van der Waals surface area contributed by atoms with Gasteiger partial charge in [-0.25, -0.2) is 10.6 Å².